The third-order valence-corrected chi connectivity index (χ3v) is 4.39. The summed E-state index contributed by atoms with van der Waals surface area (Å²) >= 11 is 0. The Bertz CT molecular complexity index is 520. The number of nitrogens with one attached hydrogen (secondary N) is 2. The minimum absolute atomic E-state index is 0. The number of rotatable bonds is 7. The van der Waals surface area contributed by atoms with Gasteiger partial charge in [0.05, 0.1) is 6.04 Å². The van der Waals surface area contributed by atoms with Crippen LogP contribution in [0.15, 0.2) is 18.2 Å². The summed E-state index contributed by atoms with van der Waals surface area (Å²) in [4.78, 5) is 13.7. The molecule has 1 fully saturated rings. The Labute approximate surface area is 160 Å². The summed E-state index contributed by atoms with van der Waals surface area (Å²) in [5.74, 6) is -0.695. The van der Waals surface area contributed by atoms with Crippen molar-refractivity contribution in [3.05, 3.63) is 35.4 Å². The molecule has 0 aromatic heterocycles. The maximum absolute atomic E-state index is 14.0. The fraction of sp³-hybridized carbons (Fsp3) is 0.588. The number of likely N-dealkylation sites (N-methyl/N-ethyl adjacent to an activating group) is 1. The molecule has 4 nitrogen and oxygen atoms in total. The van der Waals surface area contributed by atoms with E-state index in [0.717, 1.165) is 25.9 Å². The van der Waals surface area contributed by atoms with Gasteiger partial charge in [0.15, 0.2) is 0 Å². The zero-order valence-electron chi connectivity index (χ0n) is 14.6. The van der Waals surface area contributed by atoms with Crippen LogP contribution in [-0.2, 0) is 4.79 Å². The summed E-state index contributed by atoms with van der Waals surface area (Å²) < 4.78 is 27.9. The Balaban J connectivity index is 0.00000288. The molecule has 1 aliphatic rings. The summed E-state index contributed by atoms with van der Waals surface area (Å²) in [6, 6.07) is 3.29. The molecule has 0 aliphatic carbocycles. The lowest BCUT2D eigenvalue weighted by molar-refractivity contribution is -0.121. The van der Waals surface area contributed by atoms with Gasteiger partial charge in [-0.3, -0.25) is 4.79 Å². The first kappa shape index (κ1) is 24.1. The van der Waals surface area contributed by atoms with E-state index in [1.54, 1.807) is 19.0 Å². The first-order valence-electron chi connectivity index (χ1n) is 8.06. The molecule has 2 N–H and O–H groups in total. The number of carbonyl (C=O) groups excluding carboxylic acids is 1. The smallest absolute Gasteiger partial charge is 0.220 e. The molecule has 2 unspecified atom stereocenters. The van der Waals surface area contributed by atoms with Crippen molar-refractivity contribution in [1.82, 2.24) is 15.5 Å². The summed E-state index contributed by atoms with van der Waals surface area (Å²) in [5, 5.41) is 6.08. The summed E-state index contributed by atoms with van der Waals surface area (Å²) in [6.07, 6.45) is 2.40. The maximum atomic E-state index is 14.0. The van der Waals surface area contributed by atoms with Gasteiger partial charge in [0.25, 0.3) is 0 Å². The lowest BCUT2D eigenvalue weighted by Crippen LogP contribution is -2.35. The van der Waals surface area contributed by atoms with E-state index in [2.05, 4.69) is 10.6 Å². The van der Waals surface area contributed by atoms with Gasteiger partial charge >= 0.3 is 0 Å². The Hall–Kier alpha value is -0.950. The Morgan fingerprint density at radius 3 is 2.48 bits per heavy atom. The molecule has 1 aromatic carbocycles. The van der Waals surface area contributed by atoms with E-state index in [1.807, 2.05) is 0 Å². The molecular formula is C17H27Cl2F2N3O. The van der Waals surface area contributed by atoms with Crippen LogP contribution in [0.4, 0.5) is 8.78 Å². The van der Waals surface area contributed by atoms with Crippen LogP contribution in [0.5, 0.6) is 0 Å². The summed E-state index contributed by atoms with van der Waals surface area (Å²) in [6.45, 7) is 2.17. The van der Waals surface area contributed by atoms with Crippen LogP contribution in [0.25, 0.3) is 0 Å². The molecule has 0 radical (unpaired) electrons. The minimum atomic E-state index is -0.588. The van der Waals surface area contributed by atoms with Crippen LogP contribution >= 0.6 is 24.8 Å². The van der Waals surface area contributed by atoms with Crippen LogP contribution < -0.4 is 10.6 Å². The fourth-order valence-corrected chi connectivity index (χ4v) is 2.97. The Morgan fingerprint density at radius 1 is 1.32 bits per heavy atom. The molecule has 2 rings (SSSR count). The Kier molecular flexibility index (Phi) is 11.2. The van der Waals surface area contributed by atoms with E-state index in [4.69, 9.17) is 0 Å². The molecule has 2 atom stereocenters. The zero-order chi connectivity index (χ0) is 16.8. The molecule has 0 spiro atoms. The van der Waals surface area contributed by atoms with Gasteiger partial charge in [-0.05, 0) is 58.1 Å². The van der Waals surface area contributed by atoms with Crippen LogP contribution in [0.1, 0.15) is 30.9 Å². The SMILES string of the molecule is CN(C)C(CNC(=O)CCC1CCNC1)c1c(F)cccc1F.Cl.Cl. The molecule has 8 heteroatoms. The molecule has 1 saturated heterocycles. The van der Waals surface area contributed by atoms with Gasteiger partial charge in [-0.15, -0.1) is 24.8 Å². The second-order valence-corrected chi connectivity index (χ2v) is 6.32. The molecule has 1 aliphatic heterocycles. The molecule has 1 heterocycles. The lowest BCUT2D eigenvalue weighted by Gasteiger charge is -2.26. The molecule has 1 amide bonds. The average Bonchev–Trinajstić information content (AvgIpc) is 3.01. The van der Waals surface area contributed by atoms with Crippen LogP contribution in [0.2, 0.25) is 0 Å². The van der Waals surface area contributed by atoms with Crippen molar-refractivity contribution in [3.63, 3.8) is 0 Å². The van der Waals surface area contributed by atoms with E-state index in [1.165, 1.54) is 18.2 Å². The normalized spacial score (nSPS) is 17.6. The highest BCUT2D eigenvalue weighted by atomic mass is 35.5. The van der Waals surface area contributed by atoms with E-state index >= 15 is 0 Å². The number of hydrogen-bond acceptors (Lipinski definition) is 3. The van der Waals surface area contributed by atoms with Crippen LogP contribution in [0.3, 0.4) is 0 Å². The second-order valence-electron chi connectivity index (χ2n) is 6.32. The lowest BCUT2D eigenvalue weighted by atomic mass is 10.0. The van der Waals surface area contributed by atoms with E-state index in [0.29, 0.717) is 12.3 Å². The van der Waals surface area contributed by atoms with Gasteiger partial charge in [-0.25, -0.2) is 8.78 Å². The molecular weight excluding hydrogens is 371 g/mol. The molecule has 25 heavy (non-hydrogen) atoms. The minimum Gasteiger partial charge on any atom is -0.354 e. The average molecular weight is 398 g/mol. The number of halogens is 4. The van der Waals surface area contributed by atoms with Crippen molar-refractivity contribution >= 4 is 30.7 Å². The van der Waals surface area contributed by atoms with Gasteiger partial charge in [-0.1, -0.05) is 6.07 Å². The van der Waals surface area contributed by atoms with Crippen molar-refractivity contribution in [2.24, 2.45) is 5.92 Å². The number of benzene rings is 1. The number of nitrogens with zero attached hydrogens (tertiary/aromatic N) is 1. The van der Waals surface area contributed by atoms with Crippen molar-refractivity contribution in [3.8, 4) is 0 Å². The van der Waals surface area contributed by atoms with Gasteiger partial charge < -0.3 is 15.5 Å². The fourth-order valence-electron chi connectivity index (χ4n) is 2.97. The van der Waals surface area contributed by atoms with E-state index in [9.17, 15) is 13.6 Å². The summed E-state index contributed by atoms with van der Waals surface area (Å²) in [5.41, 5.74) is -0.00204. The van der Waals surface area contributed by atoms with E-state index in [-0.39, 0.29) is 42.8 Å². The first-order chi connectivity index (χ1) is 11.0. The maximum Gasteiger partial charge on any atom is 0.220 e. The molecule has 144 valence electrons. The van der Waals surface area contributed by atoms with Gasteiger partial charge in [0.2, 0.25) is 5.91 Å². The topological polar surface area (TPSA) is 44.4 Å². The van der Waals surface area contributed by atoms with Crippen LogP contribution in [0, 0.1) is 17.6 Å². The molecule has 0 saturated carbocycles. The van der Waals surface area contributed by atoms with Gasteiger partial charge in [0, 0.05) is 18.5 Å². The second kappa shape index (κ2) is 11.6. The van der Waals surface area contributed by atoms with Crippen molar-refractivity contribution < 1.29 is 13.6 Å². The third kappa shape index (κ3) is 7.05. The predicted molar refractivity (Wildman–Crippen MR) is 101 cm³/mol. The van der Waals surface area contributed by atoms with Gasteiger partial charge in [0.1, 0.15) is 11.6 Å². The van der Waals surface area contributed by atoms with E-state index < -0.39 is 17.7 Å². The third-order valence-electron chi connectivity index (χ3n) is 4.39. The monoisotopic (exact) mass is 397 g/mol. The quantitative estimate of drug-likeness (QED) is 0.743. The summed E-state index contributed by atoms with van der Waals surface area (Å²) in [7, 11) is 3.49. The number of hydrogen-bond donors (Lipinski definition) is 2. The molecule has 1 aromatic rings. The van der Waals surface area contributed by atoms with Crippen molar-refractivity contribution in [2.75, 3.05) is 33.7 Å². The number of carbonyl (C=O) groups is 1. The first-order valence-corrected chi connectivity index (χ1v) is 8.06. The Morgan fingerprint density at radius 2 is 1.96 bits per heavy atom. The predicted octanol–water partition coefficient (Wildman–Crippen LogP) is 2.92. The zero-order valence-corrected chi connectivity index (χ0v) is 16.2. The van der Waals surface area contributed by atoms with Crippen LogP contribution in [-0.4, -0.2) is 44.5 Å². The van der Waals surface area contributed by atoms with Crippen molar-refractivity contribution in [1.29, 1.82) is 0 Å². The standard InChI is InChI=1S/C17H25F2N3O.2ClH/c1-22(2)15(17-13(18)4-3-5-14(17)19)11-21-16(23)7-6-12-8-9-20-10-12;;/h3-5,12,15,20H,6-11H2,1-2H3,(H,21,23);2*1H. The highest BCUT2D eigenvalue weighted by Crippen LogP contribution is 2.24. The highest BCUT2D eigenvalue weighted by Gasteiger charge is 2.23. The highest BCUT2D eigenvalue weighted by molar-refractivity contribution is 5.85. The van der Waals surface area contributed by atoms with Gasteiger partial charge in [-0.2, -0.15) is 0 Å². The number of amides is 1. The molecule has 0 bridgehead atoms. The largest absolute Gasteiger partial charge is 0.354 e. The van der Waals surface area contributed by atoms with Crippen molar-refractivity contribution in [2.45, 2.75) is 25.3 Å².